The Morgan fingerprint density at radius 2 is 1.76 bits per heavy atom. The van der Waals surface area contributed by atoms with Crippen molar-refractivity contribution in [2.75, 3.05) is 26.2 Å². The molecule has 1 aromatic carbocycles. The molecule has 4 nitrogen and oxygen atoms in total. The van der Waals surface area contributed by atoms with Crippen molar-refractivity contribution < 1.29 is 18.0 Å². The molecule has 21 heavy (non-hydrogen) atoms. The van der Waals surface area contributed by atoms with Gasteiger partial charge in [0.25, 0.3) is 0 Å². The summed E-state index contributed by atoms with van der Waals surface area (Å²) in [5.74, 6) is -5.03. The van der Waals surface area contributed by atoms with E-state index in [1.165, 1.54) is 0 Å². The quantitative estimate of drug-likeness (QED) is 0.717. The number of primary amides is 1. The van der Waals surface area contributed by atoms with Crippen LogP contribution in [0, 0.1) is 17.5 Å². The predicted octanol–water partition coefficient (Wildman–Crippen LogP) is 1.56. The molecule has 3 N–H and O–H groups in total. The molecule has 0 fully saturated rings. The summed E-state index contributed by atoms with van der Waals surface area (Å²) in [5.41, 5.74) is 5.21. The molecule has 0 aliphatic carbocycles. The van der Waals surface area contributed by atoms with Crippen LogP contribution in [0.2, 0.25) is 0 Å². The van der Waals surface area contributed by atoms with Crippen molar-refractivity contribution in [3.63, 3.8) is 0 Å². The highest BCUT2D eigenvalue weighted by Crippen LogP contribution is 2.19. The molecule has 1 atom stereocenters. The zero-order valence-electron chi connectivity index (χ0n) is 12.1. The summed E-state index contributed by atoms with van der Waals surface area (Å²) in [7, 11) is 0. The van der Waals surface area contributed by atoms with E-state index in [4.69, 9.17) is 5.73 Å². The Labute approximate surface area is 122 Å². The minimum atomic E-state index is -1.56. The van der Waals surface area contributed by atoms with Crippen LogP contribution in [0.25, 0.3) is 0 Å². The summed E-state index contributed by atoms with van der Waals surface area (Å²) >= 11 is 0. The van der Waals surface area contributed by atoms with Gasteiger partial charge in [-0.1, -0.05) is 13.8 Å². The third-order valence-corrected chi connectivity index (χ3v) is 3.29. The van der Waals surface area contributed by atoms with Crippen molar-refractivity contribution in [1.29, 1.82) is 0 Å². The van der Waals surface area contributed by atoms with Crippen molar-refractivity contribution >= 4 is 5.91 Å². The van der Waals surface area contributed by atoms with Gasteiger partial charge in [0, 0.05) is 13.1 Å². The number of carbonyl (C=O) groups excluding carboxylic acids is 1. The lowest BCUT2D eigenvalue weighted by Gasteiger charge is -2.21. The normalized spacial score (nSPS) is 12.7. The minimum Gasteiger partial charge on any atom is -0.368 e. The van der Waals surface area contributed by atoms with E-state index in [9.17, 15) is 18.0 Å². The molecule has 0 aromatic heterocycles. The van der Waals surface area contributed by atoms with Gasteiger partial charge in [0.05, 0.1) is 0 Å². The van der Waals surface area contributed by atoms with Crippen LogP contribution in [0.1, 0.15) is 25.5 Å². The number of carbonyl (C=O) groups is 1. The van der Waals surface area contributed by atoms with Crippen LogP contribution >= 0.6 is 0 Å². The lowest BCUT2D eigenvalue weighted by atomic mass is 10.1. The highest BCUT2D eigenvalue weighted by Gasteiger charge is 2.21. The van der Waals surface area contributed by atoms with Gasteiger partial charge in [-0.05, 0) is 30.8 Å². The van der Waals surface area contributed by atoms with E-state index in [-0.39, 0.29) is 5.56 Å². The van der Waals surface area contributed by atoms with Crippen LogP contribution in [-0.2, 0) is 4.79 Å². The maximum atomic E-state index is 13.2. The molecule has 1 amide bonds. The molecule has 0 spiro atoms. The lowest BCUT2D eigenvalue weighted by Crippen LogP contribution is -2.39. The first kappa shape index (κ1) is 17.5. The van der Waals surface area contributed by atoms with Crippen LogP contribution < -0.4 is 11.1 Å². The number of likely N-dealkylation sites (N-methyl/N-ethyl adjacent to an activating group) is 1. The van der Waals surface area contributed by atoms with Crippen LogP contribution in [0.15, 0.2) is 12.1 Å². The van der Waals surface area contributed by atoms with Gasteiger partial charge >= 0.3 is 0 Å². The number of hydrogen-bond acceptors (Lipinski definition) is 3. The Hall–Kier alpha value is -1.60. The molecule has 1 aromatic rings. The van der Waals surface area contributed by atoms with Crippen LogP contribution in [-0.4, -0.2) is 37.0 Å². The highest BCUT2D eigenvalue weighted by molar-refractivity contribution is 5.81. The maximum Gasteiger partial charge on any atom is 0.239 e. The van der Waals surface area contributed by atoms with Gasteiger partial charge in [0.1, 0.15) is 6.04 Å². The molecule has 0 saturated heterocycles. The third-order valence-electron chi connectivity index (χ3n) is 3.29. The fourth-order valence-electron chi connectivity index (χ4n) is 2.03. The first-order valence-corrected chi connectivity index (χ1v) is 6.80. The number of nitrogens with one attached hydrogen (secondary N) is 1. The van der Waals surface area contributed by atoms with Crippen LogP contribution in [0.3, 0.4) is 0 Å². The molecular weight excluding hydrogens is 283 g/mol. The summed E-state index contributed by atoms with van der Waals surface area (Å²) < 4.78 is 39.4. The monoisotopic (exact) mass is 303 g/mol. The standard InChI is InChI=1S/C14H20F3N3O/c1-3-20(4-2)6-5-19-13(14(18)21)9-7-10(15)12(17)11(16)8-9/h7-8,13,19H,3-6H2,1-2H3,(H2,18,21). The predicted molar refractivity (Wildman–Crippen MR) is 74.0 cm³/mol. The van der Waals surface area contributed by atoms with Crippen LogP contribution in [0.5, 0.6) is 0 Å². The summed E-state index contributed by atoms with van der Waals surface area (Å²) in [4.78, 5) is 13.5. The fraction of sp³-hybridized carbons (Fsp3) is 0.500. The second kappa shape index (κ2) is 7.99. The second-order valence-electron chi connectivity index (χ2n) is 4.61. The van der Waals surface area contributed by atoms with E-state index in [0.717, 1.165) is 25.2 Å². The van der Waals surface area contributed by atoms with Crippen molar-refractivity contribution in [2.24, 2.45) is 5.73 Å². The summed E-state index contributed by atoms with van der Waals surface area (Å²) in [6, 6.07) is 0.487. The van der Waals surface area contributed by atoms with Gasteiger partial charge in [-0.25, -0.2) is 13.2 Å². The highest BCUT2D eigenvalue weighted by atomic mass is 19.2. The second-order valence-corrected chi connectivity index (χ2v) is 4.61. The zero-order valence-corrected chi connectivity index (χ0v) is 12.1. The summed E-state index contributed by atoms with van der Waals surface area (Å²) in [6.07, 6.45) is 0. The summed E-state index contributed by atoms with van der Waals surface area (Å²) in [5, 5.41) is 2.84. The van der Waals surface area contributed by atoms with Crippen LogP contribution in [0.4, 0.5) is 13.2 Å². The van der Waals surface area contributed by atoms with E-state index < -0.39 is 29.4 Å². The van der Waals surface area contributed by atoms with Gasteiger partial charge < -0.3 is 16.0 Å². The van der Waals surface area contributed by atoms with Crippen molar-refractivity contribution in [3.8, 4) is 0 Å². The number of hydrogen-bond donors (Lipinski definition) is 2. The lowest BCUT2D eigenvalue weighted by molar-refractivity contribution is -0.120. The average molecular weight is 303 g/mol. The molecule has 0 saturated carbocycles. The van der Waals surface area contributed by atoms with Crippen molar-refractivity contribution in [2.45, 2.75) is 19.9 Å². The summed E-state index contributed by atoms with van der Waals surface area (Å²) in [6.45, 7) is 6.76. The average Bonchev–Trinajstić information content (AvgIpc) is 2.44. The minimum absolute atomic E-state index is 0.0292. The number of halogens is 3. The number of rotatable bonds is 8. The number of nitrogens with zero attached hydrogens (tertiary/aromatic N) is 1. The zero-order chi connectivity index (χ0) is 16.0. The topological polar surface area (TPSA) is 58.4 Å². The SMILES string of the molecule is CCN(CC)CCNC(C(N)=O)c1cc(F)c(F)c(F)c1. The molecule has 1 unspecified atom stereocenters. The van der Waals surface area contributed by atoms with Gasteiger partial charge in [0.2, 0.25) is 5.91 Å². The first-order chi connectivity index (χ1) is 9.90. The van der Waals surface area contributed by atoms with Gasteiger partial charge in [-0.2, -0.15) is 0 Å². The molecule has 7 heteroatoms. The molecule has 0 heterocycles. The molecule has 0 bridgehead atoms. The van der Waals surface area contributed by atoms with E-state index in [2.05, 4.69) is 10.2 Å². The Balaban J connectivity index is 2.81. The van der Waals surface area contributed by atoms with E-state index in [0.29, 0.717) is 13.1 Å². The van der Waals surface area contributed by atoms with E-state index >= 15 is 0 Å². The van der Waals surface area contributed by atoms with Crippen molar-refractivity contribution in [3.05, 3.63) is 35.1 Å². The fourth-order valence-corrected chi connectivity index (χ4v) is 2.03. The molecule has 0 radical (unpaired) electrons. The Kier molecular flexibility index (Phi) is 6.64. The largest absolute Gasteiger partial charge is 0.368 e. The van der Waals surface area contributed by atoms with Gasteiger partial charge in [-0.3, -0.25) is 4.79 Å². The van der Waals surface area contributed by atoms with E-state index in [1.54, 1.807) is 0 Å². The van der Waals surface area contributed by atoms with E-state index in [1.807, 2.05) is 13.8 Å². The third kappa shape index (κ3) is 4.71. The maximum absolute atomic E-state index is 13.2. The molecule has 0 aliphatic heterocycles. The molecular formula is C14H20F3N3O. The molecule has 118 valence electrons. The van der Waals surface area contributed by atoms with Gasteiger partial charge in [-0.15, -0.1) is 0 Å². The number of amides is 1. The Morgan fingerprint density at radius 3 is 2.19 bits per heavy atom. The smallest absolute Gasteiger partial charge is 0.239 e. The first-order valence-electron chi connectivity index (χ1n) is 6.80. The molecule has 0 aliphatic rings. The van der Waals surface area contributed by atoms with Crippen molar-refractivity contribution in [1.82, 2.24) is 10.2 Å². The molecule has 1 rings (SSSR count). The Bertz CT molecular complexity index is 469. The number of nitrogens with two attached hydrogens (primary N) is 1. The van der Waals surface area contributed by atoms with Gasteiger partial charge in [0.15, 0.2) is 17.5 Å². The Morgan fingerprint density at radius 1 is 1.24 bits per heavy atom. The number of benzene rings is 1.